The number of thiophene rings is 1. The number of carbonyl (C=O) groups excluding carboxylic acids is 1. The largest absolute Gasteiger partial charge is 0.352 e. The molecule has 4 aromatic rings. The number of imidazole rings is 1. The van der Waals surface area contributed by atoms with Crippen LogP contribution in [-0.4, -0.2) is 56.5 Å². The maximum absolute atomic E-state index is 12.7. The lowest BCUT2D eigenvalue weighted by Gasteiger charge is -2.35. The zero-order chi connectivity index (χ0) is 21.9. The van der Waals surface area contributed by atoms with Gasteiger partial charge in [0.05, 0.1) is 22.7 Å². The van der Waals surface area contributed by atoms with E-state index in [1.165, 1.54) is 4.88 Å². The highest BCUT2D eigenvalue weighted by Crippen LogP contribution is 2.31. The molecule has 4 heterocycles. The van der Waals surface area contributed by atoms with Gasteiger partial charge in [-0.15, -0.1) is 11.3 Å². The van der Waals surface area contributed by atoms with Gasteiger partial charge in [-0.2, -0.15) is 0 Å². The van der Waals surface area contributed by atoms with Crippen LogP contribution >= 0.6 is 11.3 Å². The van der Waals surface area contributed by atoms with Crippen molar-refractivity contribution in [1.29, 1.82) is 0 Å². The van der Waals surface area contributed by atoms with Gasteiger partial charge < -0.3 is 14.4 Å². The van der Waals surface area contributed by atoms with E-state index in [9.17, 15) is 4.79 Å². The Bertz CT molecular complexity index is 1220. The first-order chi connectivity index (χ1) is 15.7. The molecule has 0 N–H and O–H groups in total. The average molecular weight is 449 g/mol. The molecule has 7 nitrogen and oxygen atoms in total. The summed E-state index contributed by atoms with van der Waals surface area (Å²) in [5, 5.41) is 1.14. The molecule has 1 aliphatic rings. The Labute approximate surface area is 191 Å². The van der Waals surface area contributed by atoms with Crippen LogP contribution in [0.2, 0.25) is 0 Å². The highest BCUT2D eigenvalue weighted by atomic mass is 32.1. The van der Waals surface area contributed by atoms with Crippen LogP contribution < -0.4 is 4.90 Å². The second-order valence-electron chi connectivity index (χ2n) is 8.23. The molecule has 3 aromatic heterocycles. The first-order valence-corrected chi connectivity index (χ1v) is 12.2. The normalized spacial score (nSPS) is 14.5. The minimum absolute atomic E-state index is 0.261. The van der Waals surface area contributed by atoms with E-state index in [4.69, 9.17) is 0 Å². The fraction of sp³-hybridized carbons (Fsp3) is 0.417. The second-order valence-corrected chi connectivity index (χ2v) is 9.35. The third kappa shape index (κ3) is 4.19. The molecule has 1 fully saturated rings. The van der Waals surface area contributed by atoms with Crippen LogP contribution in [0.1, 0.15) is 31.1 Å². The maximum atomic E-state index is 12.7. The Kier molecular flexibility index (Phi) is 6.03. The lowest BCUT2D eigenvalue weighted by Crippen LogP contribution is -2.49. The molecular weight excluding hydrogens is 420 g/mol. The Morgan fingerprint density at radius 1 is 1.06 bits per heavy atom. The van der Waals surface area contributed by atoms with E-state index in [0.29, 0.717) is 6.42 Å². The van der Waals surface area contributed by atoms with Gasteiger partial charge >= 0.3 is 0 Å². The molecule has 1 aromatic carbocycles. The summed E-state index contributed by atoms with van der Waals surface area (Å²) in [6.07, 6.45) is 7.05. The van der Waals surface area contributed by atoms with Crippen LogP contribution in [-0.2, 0) is 17.8 Å². The van der Waals surface area contributed by atoms with Crippen LogP contribution in [0, 0.1) is 0 Å². The maximum Gasteiger partial charge on any atom is 0.222 e. The van der Waals surface area contributed by atoms with Crippen molar-refractivity contribution in [1.82, 2.24) is 24.4 Å². The van der Waals surface area contributed by atoms with Crippen LogP contribution in [0.4, 0.5) is 5.82 Å². The summed E-state index contributed by atoms with van der Waals surface area (Å²) in [6, 6.07) is 10.4. The molecule has 166 valence electrons. The molecule has 1 saturated heterocycles. The van der Waals surface area contributed by atoms with Crippen LogP contribution in [0.25, 0.3) is 21.3 Å². The number of hydrogen-bond acceptors (Lipinski definition) is 6. The number of benzene rings is 1. The topological polar surface area (TPSA) is 67.2 Å². The summed E-state index contributed by atoms with van der Waals surface area (Å²) < 4.78 is 2.18. The summed E-state index contributed by atoms with van der Waals surface area (Å²) in [6.45, 7) is 6.19. The molecule has 5 rings (SSSR count). The minimum Gasteiger partial charge on any atom is -0.352 e. The summed E-state index contributed by atoms with van der Waals surface area (Å²) in [5.74, 6) is 1.27. The van der Waals surface area contributed by atoms with Crippen LogP contribution in [0.5, 0.6) is 0 Å². The van der Waals surface area contributed by atoms with E-state index in [1.54, 1.807) is 17.7 Å². The number of aryl methyl sites for hydroxylation is 2. The lowest BCUT2D eigenvalue weighted by atomic mass is 10.2. The fourth-order valence-electron chi connectivity index (χ4n) is 4.39. The summed E-state index contributed by atoms with van der Waals surface area (Å²) >= 11 is 1.74. The number of hydrogen-bond donors (Lipinski definition) is 0. The number of anilines is 1. The Morgan fingerprint density at radius 3 is 2.75 bits per heavy atom. The van der Waals surface area contributed by atoms with Crippen LogP contribution in [0.3, 0.4) is 0 Å². The van der Waals surface area contributed by atoms with E-state index in [2.05, 4.69) is 43.5 Å². The number of amides is 1. The quantitative estimate of drug-likeness (QED) is 0.398. The first kappa shape index (κ1) is 20.9. The molecule has 0 unspecified atom stereocenters. The van der Waals surface area contributed by atoms with Crippen LogP contribution in [0.15, 0.2) is 43.0 Å². The molecule has 0 bridgehead atoms. The van der Waals surface area contributed by atoms with Gasteiger partial charge in [0.15, 0.2) is 0 Å². The van der Waals surface area contributed by atoms with Gasteiger partial charge in [0, 0.05) is 44.0 Å². The van der Waals surface area contributed by atoms with Crippen molar-refractivity contribution in [3.05, 3.63) is 47.9 Å². The van der Waals surface area contributed by atoms with Gasteiger partial charge in [-0.05, 0) is 37.5 Å². The van der Waals surface area contributed by atoms with Crippen molar-refractivity contribution >= 4 is 44.3 Å². The van der Waals surface area contributed by atoms with Crippen molar-refractivity contribution in [3.63, 3.8) is 0 Å². The Hall–Kier alpha value is -3.00. The van der Waals surface area contributed by atoms with E-state index >= 15 is 0 Å². The Balaban J connectivity index is 1.11. The van der Waals surface area contributed by atoms with Gasteiger partial charge in [-0.3, -0.25) is 4.79 Å². The molecule has 0 radical (unpaired) electrons. The molecular formula is C24H28N6OS. The van der Waals surface area contributed by atoms with Crippen molar-refractivity contribution in [3.8, 4) is 0 Å². The smallest absolute Gasteiger partial charge is 0.222 e. The molecule has 0 aliphatic carbocycles. The molecule has 0 saturated carbocycles. The third-order valence-corrected chi connectivity index (χ3v) is 7.39. The molecule has 0 atom stereocenters. The van der Waals surface area contributed by atoms with Gasteiger partial charge in [0.25, 0.3) is 0 Å². The minimum atomic E-state index is 0.261. The van der Waals surface area contributed by atoms with Crippen molar-refractivity contribution < 1.29 is 4.79 Å². The molecule has 1 aliphatic heterocycles. The molecule has 0 spiro atoms. The van der Waals surface area contributed by atoms with Gasteiger partial charge in [0.1, 0.15) is 17.0 Å². The predicted octanol–water partition coefficient (Wildman–Crippen LogP) is 4.12. The molecule has 32 heavy (non-hydrogen) atoms. The number of fused-ring (bicyclic) bond motifs is 2. The predicted molar refractivity (Wildman–Crippen MR) is 129 cm³/mol. The zero-order valence-electron chi connectivity index (χ0n) is 18.4. The molecule has 1 amide bonds. The molecule has 8 heteroatoms. The zero-order valence-corrected chi connectivity index (χ0v) is 19.2. The summed E-state index contributed by atoms with van der Waals surface area (Å²) in [7, 11) is 0. The van der Waals surface area contributed by atoms with Gasteiger partial charge in [-0.1, -0.05) is 19.1 Å². The van der Waals surface area contributed by atoms with E-state index in [0.717, 1.165) is 79.1 Å². The van der Waals surface area contributed by atoms with Crippen molar-refractivity contribution in [2.75, 3.05) is 31.1 Å². The van der Waals surface area contributed by atoms with E-state index < -0.39 is 0 Å². The van der Waals surface area contributed by atoms with E-state index in [1.807, 2.05) is 29.4 Å². The first-order valence-electron chi connectivity index (χ1n) is 11.4. The number of aromatic nitrogens is 4. The second kappa shape index (κ2) is 9.24. The number of para-hydroxylation sites is 2. The van der Waals surface area contributed by atoms with Crippen molar-refractivity contribution in [2.45, 2.75) is 39.2 Å². The summed E-state index contributed by atoms with van der Waals surface area (Å²) in [5.41, 5.74) is 2.18. The number of carbonyl (C=O) groups is 1. The van der Waals surface area contributed by atoms with E-state index in [-0.39, 0.29) is 5.91 Å². The number of nitrogens with zero attached hydrogens (tertiary/aromatic N) is 6. The Morgan fingerprint density at radius 2 is 1.91 bits per heavy atom. The SMILES string of the molecule is CCc1cc2c(N3CCN(C(=O)CCCCn4cnc5ccccc54)CC3)ncnc2s1. The fourth-order valence-corrected chi connectivity index (χ4v) is 5.32. The third-order valence-electron chi connectivity index (χ3n) is 6.21. The number of unbranched alkanes of at least 4 members (excludes halogenated alkanes) is 1. The van der Waals surface area contributed by atoms with Gasteiger partial charge in [0.2, 0.25) is 5.91 Å². The van der Waals surface area contributed by atoms with Gasteiger partial charge in [-0.25, -0.2) is 15.0 Å². The average Bonchev–Trinajstić information content (AvgIpc) is 3.45. The lowest BCUT2D eigenvalue weighted by molar-refractivity contribution is -0.131. The number of piperazine rings is 1. The highest BCUT2D eigenvalue weighted by molar-refractivity contribution is 7.18. The highest BCUT2D eigenvalue weighted by Gasteiger charge is 2.23. The van der Waals surface area contributed by atoms with Crippen molar-refractivity contribution in [2.24, 2.45) is 0 Å². The number of rotatable bonds is 7. The standard InChI is InChI=1S/C24H28N6OS/c1-2-18-15-19-23(25-16-26-24(19)32-18)29-13-11-28(12-14-29)22(31)9-5-6-10-30-17-27-20-7-3-4-8-21(20)30/h3-4,7-8,15-17H,2,5-6,9-14H2,1H3. The summed E-state index contributed by atoms with van der Waals surface area (Å²) in [4.78, 5) is 32.9. The monoisotopic (exact) mass is 448 g/mol.